The average molecular weight is 278 g/mol. The minimum Gasteiger partial charge on any atom is -0.508 e. The van der Waals surface area contributed by atoms with Crippen LogP contribution in [-0.4, -0.2) is 35.0 Å². The molecule has 0 bridgehead atoms. The maximum atomic E-state index is 12.3. The number of nitrogens with zero attached hydrogens (tertiary/aromatic N) is 1. The Morgan fingerprint density at radius 1 is 1.25 bits per heavy atom. The van der Waals surface area contributed by atoms with Crippen LogP contribution in [0.5, 0.6) is 5.75 Å². The summed E-state index contributed by atoms with van der Waals surface area (Å²) in [5.41, 5.74) is 6.96. The first kappa shape index (κ1) is 16.5. The van der Waals surface area contributed by atoms with Gasteiger partial charge in [-0.3, -0.25) is 4.79 Å². The molecule has 20 heavy (non-hydrogen) atoms. The molecule has 1 rings (SSSR count). The molecular formula is C16H26N2O2. The number of carbonyl (C=O) groups is 1. The van der Waals surface area contributed by atoms with Crippen LogP contribution >= 0.6 is 0 Å². The largest absolute Gasteiger partial charge is 0.508 e. The van der Waals surface area contributed by atoms with E-state index in [-0.39, 0.29) is 17.7 Å². The Hall–Kier alpha value is -1.55. The maximum absolute atomic E-state index is 12.3. The van der Waals surface area contributed by atoms with E-state index in [2.05, 4.69) is 13.8 Å². The van der Waals surface area contributed by atoms with Gasteiger partial charge in [0.25, 0.3) is 0 Å². The van der Waals surface area contributed by atoms with E-state index < -0.39 is 6.04 Å². The van der Waals surface area contributed by atoms with Crippen molar-refractivity contribution in [1.82, 2.24) is 4.90 Å². The van der Waals surface area contributed by atoms with Crippen LogP contribution in [-0.2, 0) is 11.2 Å². The van der Waals surface area contributed by atoms with Gasteiger partial charge in [-0.05, 0) is 43.4 Å². The number of carbonyl (C=O) groups excluding carboxylic acids is 1. The third kappa shape index (κ3) is 4.85. The van der Waals surface area contributed by atoms with Crippen LogP contribution in [0.1, 0.15) is 32.8 Å². The Balaban J connectivity index is 2.59. The molecular weight excluding hydrogens is 252 g/mol. The van der Waals surface area contributed by atoms with Crippen LogP contribution in [0.15, 0.2) is 24.3 Å². The zero-order chi connectivity index (χ0) is 15.3. The number of hydrogen-bond donors (Lipinski definition) is 2. The molecule has 112 valence electrons. The number of likely N-dealkylation sites (N-methyl/N-ethyl adjacent to an activating group) is 1. The first-order chi connectivity index (χ1) is 9.31. The van der Waals surface area contributed by atoms with Gasteiger partial charge in [0.1, 0.15) is 5.75 Å². The van der Waals surface area contributed by atoms with Gasteiger partial charge in [-0.2, -0.15) is 0 Å². The normalized spacial score (nSPS) is 14.1. The summed E-state index contributed by atoms with van der Waals surface area (Å²) in [6.07, 6.45) is 1.45. The summed E-state index contributed by atoms with van der Waals surface area (Å²) in [6, 6.07) is 6.45. The van der Waals surface area contributed by atoms with E-state index in [4.69, 9.17) is 5.73 Å². The lowest BCUT2D eigenvalue weighted by atomic mass is 10.0. The van der Waals surface area contributed by atoms with Crippen LogP contribution in [0.25, 0.3) is 0 Å². The molecule has 0 radical (unpaired) electrons. The van der Waals surface area contributed by atoms with Gasteiger partial charge in [-0.1, -0.05) is 26.0 Å². The molecule has 2 atom stereocenters. The summed E-state index contributed by atoms with van der Waals surface area (Å²) in [5.74, 6) is 0.733. The van der Waals surface area contributed by atoms with E-state index in [0.717, 1.165) is 12.0 Å². The topological polar surface area (TPSA) is 66.6 Å². The van der Waals surface area contributed by atoms with E-state index in [1.165, 1.54) is 0 Å². The summed E-state index contributed by atoms with van der Waals surface area (Å²) < 4.78 is 0. The summed E-state index contributed by atoms with van der Waals surface area (Å²) in [4.78, 5) is 14.0. The van der Waals surface area contributed by atoms with Gasteiger partial charge in [0, 0.05) is 13.1 Å². The SMILES string of the molecule is CC(C)CC(C)N(C)C(=O)C(N)Cc1ccc(O)cc1. The lowest BCUT2D eigenvalue weighted by Gasteiger charge is -2.28. The zero-order valence-electron chi connectivity index (χ0n) is 12.8. The quantitative estimate of drug-likeness (QED) is 0.838. The highest BCUT2D eigenvalue weighted by Crippen LogP contribution is 2.13. The van der Waals surface area contributed by atoms with Gasteiger partial charge in [0.2, 0.25) is 5.91 Å². The van der Waals surface area contributed by atoms with Crippen LogP contribution in [0.2, 0.25) is 0 Å². The average Bonchev–Trinajstić information content (AvgIpc) is 2.38. The minimum absolute atomic E-state index is 0.0359. The Morgan fingerprint density at radius 2 is 1.80 bits per heavy atom. The number of benzene rings is 1. The number of rotatable bonds is 6. The van der Waals surface area contributed by atoms with E-state index in [9.17, 15) is 9.90 Å². The molecule has 0 aliphatic rings. The van der Waals surface area contributed by atoms with Gasteiger partial charge in [-0.15, -0.1) is 0 Å². The molecule has 0 aromatic heterocycles. The number of phenols is 1. The van der Waals surface area contributed by atoms with Gasteiger partial charge in [-0.25, -0.2) is 0 Å². The van der Waals surface area contributed by atoms with Gasteiger partial charge >= 0.3 is 0 Å². The summed E-state index contributed by atoms with van der Waals surface area (Å²) in [5, 5.41) is 9.24. The Bertz CT molecular complexity index is 429. The molecule has 0 spiro atoms. The Labute approximate surface area is 121 Å². The smallest absolute Gasteiger partial charge is 0.239 e. The van der Waals surface area contributed by atoms with E-state index in [0.29, 0.717) is 12.3 Å². The van der Waals surface area contributed by atoms with Gasteiger partial charge in [0.05, 0.1) is 6.04 Å². The molecule has 1 amide bonds. The van der Waals surface area contributed by atoms with Crippen molar-refractivity contribution in [3.8, 4) is 5.75 Å². The number of nitrogens with two attached hydrogens (primary N) is 1. The van der Waals surface area contributed by atoms with Crippen molar-refractivity contribution >= 4 is 5.91 Å². The van der Waals surface area contributed by atoms with Crippen LogP contribution in [0.4, 0.5) is 0 Å². The second kappa shape index (κ2) is 7.29. The fourth-order valence-corrected chi connectivity index (χ4v) is 2.29. The van der Waals surface area contributed by atoms with Crippen LogP contribution in [0, 0.1) is 5.92 Å². The summed E-state index contributed by atoms with van der Waals surface area (Å²) in [6.45, 7) is 6.33. The van der Waals surface area contributed by atoms with Gasteiger partial charge < -0.3 is 15.7 Å². The summed E-state index contributed by atoms with van der Waals surface area (Å²) in [7, 11) is 1.81. The van der Waals surface area contributed by atoms with Crippen LogP contribution < -0.4 is 5.73 Å². The number of amides is 1. The lowest BCUT2D eigenvalue weighted by molar-refractivity contribution is -0.133. The molecule has 1 aromatic carbocycles. The van der Waals surface area contributed by atoms with Gasteiger partial charge in [0.15, 0.2) is 0 Å². The number of hydrogen-bond acceptors (Lipinski definition) is 3. The molecule has 0 saturated carbocycles. The minimum atomic E-state index is -0.542. The molecule has 0 aliphatic heterocycles. The van der Waals surface area contributed by atoms with Crippen molar-refractivity contribution in [1.29, 1.82) is 0 Å². The summed E-state index contributed by atoms with van der Waals surface area (Å²) >= 11 is 0. The third-order valence-corrected chi connectivity index (χ3v) is 3.53. The number of phenolic OH excluding ortho intramolecular Hbond substituents is 1. The molecule has 3 N–H and O–H groups in total. The molecule has 4 heteroatoms. The molecule has 1 aromatic rings. The fraction of sp³-hybridized carbons (Fsp3) is 0.562. The zero-order valence-corrected chi connectivity index (χ0v) is 12.8. The Kier molecular flexibility index (Phi) is 6.02. The highest BCUT2D eigenvalue weighted by Gasteiger charge is 2.22. The van der Waals surface area contributed by atoms with E-state index in [1.54, 1.807) is 29.2 Å². The molecule has 2 unspecified atom stereocenters. The monoisotopic (exact) mass is 278 g/mol. The standard InChI is InChI=1S/C16H26N2O2/c1-11(2)9-12(3)18(4)16(20)15(17)10-13-5-7-14(19)8-6-13/h5-8,11-12,15,19H,9-10,17H2,1-4H3. The molecule has 0 heterocycles. The molecule has 0 aliphatic carbocycles. The molecule has 4 nitrogen and oxygen atoms in total. The van der Waals surface area contributed by atoms with Crippen LogP contribution in [0.3, 0.4) is 0 Å². The highest BCUT2D eigenvalue weighted by molar-refractivity contribution is 5.82. The van der Waals surface area contributed by atoms with E-state index in [1.807, 2.05) is 14.0 Å². The van der Waals surface area contributed by atoms with Crippen molar-refractivity contribution in [2.24, 2.45) is 11.7 Å². The van der Waals surface area contributed by atoms with E-state index >= 15 is 0 Å². The second-order valence-corrected chi connectivity index (χ2v) is 5.90. The highest BCUT2D eigenvalue weighted by atomic mass is 16.3. The first-order valence-corrected chi connectivity index (χ1v) is 7.11. The fourth-order valence-electron chi connectivity index (χ4n) is 2.29. The Morgan fingerprint density at radius 3 is 2.30 bits per heavy atom. The molecule has 0 saturated heterocycles. The van der Waals surface area contributed by atoms with Crippen molar-refractivity contribution in [2.75, 3.05) is 7.05 Å². The number of aromatic hydroxyl groups is 1. The predicted octanol–water partition coefficient (Wildman–Crippen LogP) is 2.16. The third-order valence-electron chi connectivity index (χ3n) is 3.53. The van der Waals surface area contributed by atoms with Crippen molar-refractivity contribution in [2.45, 2.75) is 45.7 Å². The first-order valence-electron chi connectivity index (χ1n) is 7.11. The predicted molar refractivity (Wildman–Crippen MR) is 81.5 cm³/mol. The lowest BCUT2D eigenvalue weighted by Crippen LogP contribution is -2.46. The van der Waals surface area contributed by atoms with Crippen molar-refractivity contribution < 1.29 is 9.90 Å². The van der Waals surface area contributed by atoms with Crippen molar-refractivity contribution in [3.05, 3.63) is 29.8 Å². The molecule has 0 fully saturated rings. The second-order valence-electron chi connectivity index (χ2n) is 5.90. The van der Waals surface area contributed by atoms with Crippen molar-refractivity contribution in [3.63, 3.8) is 0 Å². The maximum Gasteiger partial charge on any atom is 0.239 e.